The molecular formula is C21H28N8O2. The highest BCUT2D eigenvalue weighted by Crippen LogP contribution is 2.17. The number of fused-ring (bicyclic) bond motifs is 2. The van der Waals surface area contributed by atoms with E-state index >= 15 is 0 Å². The van der Waals surface area contributed by atoms with Crippen LogP contribution in [-0.2, 0) is 33.5 Å². The highest BCUT2D eigenvalue weighted by atomic mass is 16.1. The number of nitrogens with zero attached hydrogens (tertiary/aromatic N) is 8. The minimum atomic E-state index is -0.0756. The lowest BCUT2D eigenvalue weighted by molar-refractivity contribution is 0.240. The zero-order chi connectivity index (χ0) is 21.5. The maximum Gasteiger partial charge on any atom is 0.267 e. The van der Waals surface area contributed by atoms with Crippen molar-refractivity contribution in [1.29, 1.82) is 0 Å². The van der Waals surface area contributed by atoms with Gasteiger partial charge in [0.15, 0.2) is 5.65 Å². The van der Waals surface area contributed by atoms with Crippen molar-refractivity contribution in [2.45, 2.75) is 32.2 Å². The Labute approximate surface area is 179 Å². The van der Waals surface area contributed by atoms with Gasteiger partial charge >= 0.3 is 0 Å². The number of aryl methyl sites for hydroxylation is 3. The van der Waals surface area contributed by atoms with E-state index in [1.807, 2.05) is 0 Å². The summed E-state index contributed by atoms with van der Waals surface area (Å²) in [6, 6.07) is 1.78. The van der Waals surface area contributed by atoms with Crippen molar-refractivity contribution >= 4 is 17.0 Å². The van der Waals surface area contributed by atoms with Crippen molar-refractivity contribution < 1.29 is 0 Å². The van der Waals surface area contributed by atoms with Gasteiger partial charge in [-0.15, -0.1) is 0 Å². The van der Waals surface area contributed by atoms with Crippen LogP contribution in [-0.4, -0.2) is 66.7 Å². The molecule has 0 unspecified atom stereocenters. The fraction of sp³-hybridized carbons (Fsp3) is 0.571. The van der Waals surface area contributed by atoms with Gasteiger partial charge in [-0.2, -0.15) is 15.2 Å². The molecule has 0 atom stereocenters. The smallest absolute Gasteiger partial charge is 0.267 e. The van der Waals surface area contributed by atoms with Crippen molar-refractivity contribution in [3.63, 3.8) is 0 Å². The molecule has 0 saturated carbocycles. The summed E-state index contributed by atoms with van der Waals surface area (Å²) in [5.74, 6) is 0.656. The molecule has 3 aromatic rings. The zero-order valence-electron chi connectivity index (χ0n) is 18.1. The first-order chi connectivity index (χ1) is 15.0. The number of hydrogen-bond acceptors (Lipinski definition) is 7. The average Bonchev–Trinajstić information content (AvgIpc) is 3.16. The van der Waals surface area contributed by atoms with Gasteiger partial charge in [-0.05, 0) is 31.2 Å². The van der Waals surface area contributed by atoms with Gasteiger partial charge in [-0.3, -0.25) is 23.7 Å². The summed E-state index contributed by atoms with van der Waals surface area (Å²) < 4.78 is 4.85. The fourth-order valence-electron chi connectivity index (χ4n) is 4.60. The van der Waals surface area contributed by atoms with E-state index < -0.39 is 0 Å². The number of anilines is 1. The second kappa shape index (κ2) is 7.92. The van der Waals surface area contributed by atoms with Crippen LogP contribution in [0.25, 0.3) is 11.0 Å². The summed E-state index contributed by atoms with van der Waals surface area (Å²) in [6.45, 7) is 4.61. The molecule has 0 radical (unpaired) electrons. The first-order valence-corrected chi connectivity index (χ1v) is 11.0. The third kappa shape index (κ3) is 3.76. The normalized spacial score (nSPS) is 17.3. The molecule has 10 heteroatoms. The van der Waals surface area contributed by atoms with Crippen LogP contribution in [0.5, 0.6) is 0 Å². The Morgan fingerprint density at radius 1 is 0.968 bits per heavy atom. The molecule has 0 amide bonds. The molecule has 2 aliphatic rings. The van der Waals surface area contributed by atoms with E-state index in [0.717, 1.165) is 69.7 Å². The molecule has 3 aromatic heterocycles. The van der Waals surface area contributed by atoms with Crippen LogP contribution >= 0.6 is 0 Å². The van der Waals surface area contributed by atoms with Gasteiger partial charge in [0.2, 0.25) is 5.95 Å². The molecule has 0 N–H and O–H groups in total. The largest absolute Gasteiger partial charge is 0.340 e. The van der Waals surface area contributed by atoms with Crippen molar-refractivity contribution in [3.8, 4) is 0 Å². The van der Waals surface area contributed by atoms with Crippen molar-refractivity contribution in [2.75, 3.05) is 37.6 Å². The van der Waals surface area contributed by atoms with E-state index in [0.29, 0.717) is 23.5 Å². The Hall–Kier alpha value is -3.01. The Morgan fingerprint density at radius 2 is 1.74 bits per heavy atom. The minimum absolute atomic E-state index is 0.00199. The predicted molar refractivity (Wildman–Crippen MR) is 118 cm³/mol. The summed E-state index contributed by atoms with van der Waals surface area (Å²) >= 11 is 0. The molecule has 1 fully saturated rings. The molecule has 0 bridgehead atoms. The van der Waals surface area contributed by atoms with Crippen molar-refractivity contribution in [3.05, 3.63) is 44.2 Å². The summed E-state index contributed by atoms with van der Waals surface area (Å²) in [5, 5.41) is 9.46. The highest BCUT2D eigenvalue weighted by Gasteiger charge is 2.22. The number of hydrogen-bond donors (Lipinski definition) is 0. The number of rotatable bonds is 4. The predicted octanol–water partition coefficient (Wildman–Crippen LogP) is -0.0753. The third-order valence-corrected chi connectivity index (χ3v) is 6.41. The summed E-state index contributed by atoms with van der Waals surface area (Å²) in [7, 11) is 3.56. The Morgan fingerprint density at radius 3 is 2.55 bits per heavy atom. The standard InChI is InChI=1S/C21H28N8O2/c1-25-14-16-19(24-25)22-21(26(2)20(16)31)28-10-7-27(8-11-28)9-12-29-18(30)13-15-5-3-4-6-17(15)23-29/h13-14H,3-12H2,1-2H3. The van der Waals surface area contributed by atoms with E-state index in [2.05, 4.69) is 25.0 Å². The van der Waals surface area contributed by atoms with Gasteiger partial charge in [0, 0.05) is 59.1 Å². The van der Waals surface area contributed by atoms with E-state index in [1.165, 1.54) is 0 Å². The fourth-order valence-corrected chi connectivity index (χ4v) is 4.60. The van der Waals surface area contributed by atoms with Gasteiger partial charge < -0.3 is 4.90 Å². The van der Waals surface area contributed by atoms with Gasteiger partial charge in [-0.1, -0.05) is 0 Å². The number of piperazine rings is 1. The lowest BCUT2D eigenvalue weighted by Crippen LogP contribution is -2.49. The van der Waals surface area contributed by atoms with E-state index in [4.69, 9.17) is 0 Å². The quantitative estimate of drug-likeness (QED) is 0.578. The molecular weight excluding hydrogens is 396 g/mol. The van der Waals surface area contributed by atoms with Crippen molar-refractivity contribution in [1.82, 2.24) is 34.0 Å². The van der Waals surface area contributed by atoms with Crippen LogP contribution in [0.4, 0.5) is 5.95 Å². The van der Waals surface area contributed by atoms with Crippen LogP contribution in [0, 0.1) is 0 Å². The first-order valence-electron chi connectivity index (χ1n) is 11.0. The SMILES string of the molecule is Cn1cc2c(=O)n(C)c(N3CCN(CCn4nc5c(cc4=O)CCCC5)CC3)nc2n1. The van der Waals surface area contributed by atoms with Crippen LogP contribution < -0.4 is 16.0 Å². The Bertz CT molecular complexity index is 1230. The molecule has 1 saturated heterocycles. The van der Waals surface area contributed by atoms with Crippen molar-refractivity contribution in [2.24, 2.45) is 14.1 Å². The molecule has 164 valence electrons. The van der Waals surface area contributed by atoms with Gasteiger partial charge in [0.05, 0.1) is 12.2 Å². The van der Waals surface area contributed by atoms with Crippen LogP contribution in [0.3, 0.4) is 0 Å². The van der Waals surface area contributed by atoms with Gasteiger partial charge in [-0.25, -0.2) is 4.68 Å². The summed E-state index contributed by atoms with van der Waals surface area (Å²) in [5.41, 5.74) is 2.63. The molecule has 0 spiro atoms. The van der Waals surface area contributed by atoms with Crippen LogP contribution in [0.2, 0.25) is 0 Å². The maximum atomic E-state index is 12.7. The topological polar surface area (TPSA) is 94.1 Å². The maximum absolute atomic E-state index is 12.7. The molecule has 5 rings (SSSR count). The average molecular weight is 425 g/mol. The minimum Gasteiger partial charge on any atom is -0.340 e. The summed E-state index contributed by atoms with van der Waals surface area (Å²) in [4.78, 5) is 34.2. The Balaban J connectivity index is 1.24. The van der Waals surface area contributed by atoms with Crippen LogP contribution in [0.1, 0.15) is 24.1 Å². The first kappa shape index (κ1) is 19.9. The van der Waals surface area contributed by atoms with Crippen LogP contribution in [0.15, 0.2) is 21.9 Å². The van der Waals surface area contributed by atoms with E-state index in [9.17, 15) is 9.59 Å². The second-order valence-electron chi connectivity index (χ2n) is 8.53. The molecule has 10 nitrogen and oxygen atoms in total. The highest BCUT2D eigenvalue weighted by molar-refractivity contribution is 5.74. The molecule has 31 heavy (non-hydrogen) atoms. The molecule has 1 aliphatic carbocycles. The molecule has 0 aromatic carbocycles. The zero-order valence-corrected chi connectivity index (χ0v) is 18.1. The lowest BCUT2D eigenvalue weighted by Gasteiger charge is -2.35. The third-order valence-electron chi connectivity index (χ3n) is 6.41. The number of aromatic nitrogens is 6. The lowest BCUT2D eigenvalue weighted by atomic mass is 9.97. The molecule has 4 heterocycles. The second-order valence-corrected chi connectivity index (χ2v) is 8.53. The van der Waals surface area contributed by atoms with Gasteiger partial charge in [0.1, 0.15) is 5.39 Å². The van der Waals surface area contributed by atoms with E-state index in [-0.39, 0.29) is 11.1 Å². The summed E-state index contributed by atoms with van der Waals surface area (Å²) in [6.07, 6.45) is 5.96. The van der Waals surface area contributed by atoms with E-state index in [1.54, 1.807) is 40.3 Å². The monoisotopic (exact) mass is 424 g/mol. The van der Waals surface area contributed by atoms with Gasteiger partial charge in [0.25, 0.3) is 11.1 Å². The molecule has 1 aliphatic heterocycles. The Kier molecular flexibility index (Phi) is 5.09.